The number of carbonyl (C=O) groups is 1. The van der Waals surface area contributed by atoms with Crippen molar-refractivity contribution in [1.29, 1.82) is 0 Å². The number of sulfonamides is 1. The first-order valence-corrected chi connectivity index (χ1v) is 14.8. The number of anilines is 2. The fourth-order valence-corrected chi connectivity index (χ4v) is 6.95. The molecule has 2 N–H and O–H groups in total. The number of aryl methyl sites for hydroxylation is 1. The van der Waals surface area contributed by atoms with Crippen LogP contribution in [0.5, 0.6) is 0 Å². The Morgan fingerprint density at radius 3 is 2.68 bits per heavy atom. The highest BCUT2D eigenvalue weighted by Crippen LogP contribution is 2.40. The summed E-state index contributed by atoms with van der Waals surface area (Å²) < 4.78 is 50.6. The van der Waals surface area contributed by atoms with Crippen molar-refractivity contribution in [3.63, 3.8) is 0 Å². The van der Waals surface area contributed by atoms with E-state index in [0.29, 0.717) is 31.1 Å². The van der Waals surface area contributed by atoms with Gasteiger partial charge in [-0.05, 0) is 79.4 Å². The predicted molar refractivity (Wildman–Crippen MR) is 152 cm³/mol. The lowest BCUT2D eigenvalue weighted by Gasteiger charge is -2.44. The molecule has 41 heavy (non-hydrogen) atoms. The SMILES string of the molecule is Cc1cc(S(=O)(=O)Nc2cc(C(=O)NCc3ccco3)ccc2N2CC3CC(C2)c2cccc(=O)n2C3)ccc1F. The van der Waals surface area contributed by atoms with Gasteiger partial charge < -0.3 is 19.2 Å². The lowest BCUT2D eigenvalue weighted by molar-refractivity contribution is 0.0948. The third-order valence-electron chi connectivity index (χ3n) is 7.77. The summed E-state index contributed by atoms with van der Waals surface area (Å²) >= 11 is 0. The Bertz CT molecular complexity index is 1780. The van der Waals surface area contributed by atoms with Gasteiger partial charge in [-0.15, -0.1) is 0 Å². The molecule has 9 nitrogen and oxygen atoms in total. The molecule has 2 aromatic carbocycles. The van der Waals surface area contributed by atoms with Gasteiger partial charge in [0.2, 0.25) is 0 Å². The number of hydrogen-bond acceptors (Lipinski definition) is 6. The van der Waals surface area contributed by atoms with Crippen molar-refractivity contribution in [2.75, 3.05) is 22.7 Å². The number of hydrogen-bond donors (Lipinski definition) is 2. The molecule has 2 bridgehead atoms. The predicted octanol–water partition coefficient (Wildman–Crippen LogP) is 4.24. The maximum Gasteiger partial charge on any atom is 0.261 e. The lowest BCUT2D eigenvalue weighted by Crippen LogP contribution is -2.47. The molecule has 0 saturated carbocycles. The van der Waals surface area contributed by atoms with Crippen LogP contribution in [0.1, 0.15) is 39.7 Å². The first kappa shape index (κ1) is 26.8. The Labute approximate surface area is 236 Å². The average Bonchev–Trinajstić information content (AvgIpc) is 3.47. The third-order valence-corrected chi connectivity index (χ3v) is 9.13. The minimum absolute atomic E-state index is 0.0152. The Morgan fingerprint density at radius 2 is 1.90 bits per heavy atom. The van der Waals surface area contributed by atoms with Gasteiger partial charge in [-0.3, -0.25) is 14.3 Å². The molecule has 1 fully saturated rings. The van der Waals surface area contributed by atoms with Gasteiger partial charge in [-0.2, -0.15) is 0 Å². The number of nitrogens with zero attached hydrogens (tertiary/aromatic N) is 2. The molecule has 1 amide bonds. The Morgan fingerprint density at radius 1 is 1.05 bits per heavy atom. The number of aromatic nitrogens is 1. The first-order valence-electron chi connectivity index (χ1n) is 13.4. The molecule has 2 aromatic heterocycles. The van der Waals surface area contributed by atoms with Gasteiger partial charge in [0.25, 0.3) is 21.5 Å². The van der Waals surface area contributed by atoms with Crippen LogP contribution in [-0.2, 0) is 23.1 Å². The molecular weight excluding hydrogens is 547 g/mol. The van der Waals surface area contributed by atoms with E-state index in [-0.39, 0.29) is 45.6 Å². The molecule has 0 radical (unpaired) electrons. The van der Waals surface area contributed by atoms with Crippen LogP contribution in [0.3, 0.4) is 0 Å². The van der Waals surface area contributed by atoms with Crippen LogP contribution in [0.2, 0.25) is 0 Å². The van der Waals surface area contributed by atoms with Gasteiger partial charge in [0.1, 0.15) is 11.6 Å². The van der Waals surface area contributed by atoms with Crippen molar-refractivity contribution < 1.29 is 22.0 Å². The van der Waals surface area contributed by atoms with E-state index >= 15 is 0 Å². The molecule has 2 aliphatic heterocycles. The summed E-state index contributed by atoms with van der Waals surface area (Å²) in [7, 11) is -4.11. The molecular formula is C30H29FN4O5S. The number of halogens is 1. The van der Waals surface area contributed by atoms with E-state index < -0.39 is 21.7 Å². The van der Waals surface area contributed by atoms with Crippen LogP contribution in [-0.4, -0.2) is 32.0 Å². The molecule has 6 rings (SSSR count). The number of nitrogens with one attached hydrogen (secondary N) is 2. The molecule has 4 heterocycles. The number of benzene rings is 2. The molecule has 0 aliphatic carbocycles. The van der Waals surface area contributed by atoms with E-state index in [1.54, 1.807) is 36.4 Å². The van der Waals surface area contributed by atoms with Crippen molar-refractivity contribution >= 4 is 27.3 Å². The van der Waals surface area contributed by atoms with Crippen LogP contribution in [0.25, 0.3) is 0 Å². The minimum Gasteiger partial charge on any atom is -0.467 e. The smallest absolute Gasteiger partial charge is 0.261 e. The second kappa shape index (κ2) is 10.5. The molecule has 2 atom stereocenters. The van der Waals surface area contributed by atoms with Crippen LogP contribution < -0.4 is 20.5 Å². The zero-order valence-corrected chi connectivity index (χ0v) is 23.2. The van der Waals surface area contributed by atoms with Crippen LogP contribution in [0.15, 0.2) is 87.1 Å². The van der Waals surface area contributed by atoms with Crippen molar-refractivity contribution in [3.8, 4) is 0 Å². The summed E-state index contributed by atoms with van der Waals surface area (Å²) in [4.78, 5) is 27.5. The van der Waals surface area contributed by atoms with E-state index in [0.717, 1.165) is 18.2 Å². The second-order valence-electron chi connectivity index (χ2n) is 10.6. The maximum atomic E-state index is 13.9. The normalized spacial score (nSPS) is 18.0. The Hall–Kier alpha value is -4.38. The van der Waals surface area contributed by atoms with E-state index in [9.17, 15) is 22.4 Å². The van der Waals surface area contributed by atoms with Gasteiger partial charge in [0, 0.05) is 42.9 Å². The number of rotatable bonds is 7. The zero-order valence-electron chi connectivity index (χ0n) is 22.3. The van der Waals surface area contributed by atoms with Crippen molar-refractivity contribution in [2.24, 2.45) is 5.92 Å². The highest BCUT2D eigenvalue weighted by atomic mass is 32.2. The highest BCUT2D eigenvalue weighted by molar-refractivity contribution is 7.92. The molecule has 2 aliphatic rings. The first-order chi connectivity index (χ1) is 19.7. The lowest BCUT2D eigenvalue weighted by atomic mass is 9.83. The van der Waals surface area contributed by atoms with Crippen molar-refractivity contribution in [1.82, 2.24) is 9.88 Å². The number of piperidine rings is 1. The van der Waals surface area contributed by atoms with Gasteiger partial charge in [0.15, 0.2) is 0 Å². The van der Waals surface area contributed by atoms with Crippen LogP contribution in [0.4, 0.5) is 15.8 Å². The number of pyridine rings is 1. The summed E-state index contributed by atoms with van der Waals surface area (Å²) in [6.45, 7) is 3.46. The Kier molecular flexibility index (Phi) is 6.90. The second-order valence-corrected chi connectivity index (χ2v) is 12.3. The van der Waals surface area contributed by atoms with Crippen LogP contribution in [0, 0.1) is 18.7 Å². The summed E-state index contributed by atoms with van der Waals surface area (Å²) in [5, 5.41) is 2.79. The van der Waals surface area contributed by atoms with Crippen molar-refractivity contribution in [3.05, 3.63) is 112 Å². The number of amides is 1. The van der Waals surface area contributed by atoms with Gasteiger partial charge in [0.05, 0.1) is 29.1 Å². The fourth-order valence-electron chi connectivity index (χ4n) is 5.80. The quantitative estimate of drug-likeness (QED) is 0.340. The van der Waals surface area contributed by atoms with E-state index in [4.69, 9.17) is 4.42 Å². The summed E-state index contributed by atoms with van der Waals surface area (Å²) in [6.07, 6.45) is 2.45. The van der Waals surface area contributed by atoms with E-state index in [1.807, 2.05) is 10.6 Å². The molecule has 212 valence electrons. The minimum atomic E-state index is -4.11. The molecule has 0 spiro atoms. The Balaban J connectivity index is 1.34. The fraction of sp³-hybridized carbons (Fsp3) is 0.267. The van der Waals surface area contributed by atoms with E-state index in [1.165, 1.54) is 31.4 Å². The molecule has 1 saturated heterocycles. The van der Waals surface area contributed by atoms with Gasteiger partial charge in [-0.1, -0.05) is 6.07 Å². The topological polar surface area (TPSA) is 114 Å². The average molecular weight is 577 g/mol. The zero-order chi connectivity index (χ0) is 28.7. The maximum absolute atomic E-state index is 13.9. The number of fused-ring (bicyclic) bond motifs is 4. The standard InChI is InChI=1S/C30H29FN4O5S/c1-19-12-24(8-9-25(19)31)41(38,39)33-26-14-21(30(37)32-15-23-4-3-11-40-23)7-10-28(26)34-16-20-13-22(18-34)27-5-2-6-29(36)35(27)17-20/h2-12,14,20,22,33H,13,15-18H2,1H3,(H,32,37). The monoisotopic (exact) mass is 576 g/mol. The third kappa shape index (κ3) is 5.37. The van der Waals surface area contributed by atoms with Gasteiger partial charge in [-0.25, -0.2) is 12.8 Å². The highest BCUT2D eigenvalue weighted by Gasteiger charge is 2.35. The van der Waals surface area contributed by atoms with E-state index in [2.05, 4.69) is 14.9 Å². The van der Waals surface area contributed by atoms with Gasteiger partial charge >= 0.3 is 0 Å². The van der Waals surface area contributed by atoms with Crippen LogP contribution >= 0.6 is 0 Å². The number of furan rings is 1. The molecule has 11 heteroatoms. The largest absolute Gasteiger partial charge is 0.467 e. The molecule has 4 aromatic rings. The summed E-state index contributed by atoms with van der Waals surface area (Å²) in [6, 6.07) is 17.3. The van der Waals surface area contributed by atoms with Crippen molar-refractivity contribution in [2.45, 2.75) is 37.2 Å². The summed E-state index contributed by atoms with van der Waals surface area (Å²) in [5.41, 5.74) is 2.29. The molecule has 2 unspecified atom stereocenters. The summed E-state index contributed by atoms with van der Waals surface area (Å²) in [5.74, 6) is -0.0190. The number of carbonyl (C=O) groups excluding carboxylic acids is 1.